The van der Waals surface area contributed by atoms with E-state index in [1.54, 1.807) is 19.1 Å². The molecule has 0 aliphatic carbocycles. The zero-order valence-corrected chi connectivity index (χ0v) is 16.8. The molecule has 2 atom stereocenters. The van der Waals surface area contributed by atoms with Gasteiger partial charge in [0.2, 0.25) is 5.91 Å². The molecule has 3 rings (SSSR count). The van der Waals surface area contributed by atoms with Gasteiger partial charge in [-0.05, 0) is 36.6 Å². The molecule has 6 nitrogen and oxygen atoms in total. The molecule has 1 aromatic rings. The maximum Gasteiger partial charge on any atom is 0.356 e. The molecule has 8 heteroatoms. The average molecular weight is 419 g/mol. The Hall–Kier alpha value is -2.43. The van der Waals surface area contributed by atoms with Gasteiger partial charge in [0.1, 0.15) is 17.1 Å². The van der Waals surface area contributed by atoms with E-state index in [1.165, 1.54) is 16.7 Å². The zero-order valence-electron chi connectivity index (χ0n) is 15.2. The summed E-state index contributed by atoms with van der Waals surface area (Å²) >= 11 is 7.36. The van der Waals surface area contributed by atoms with Gasteiger partial charge in [0, 0.05) is 17.2 Å². The topological polar surface area (TPSA) is 75.7 Å². The number of ether oxygens (including phenoxy) is 1. The first-order chi connectivity index (χ1) is 13.4. The number of carbonyl (C=O) groups excluding carboxylic acids is 3. The van der Waals surface area contributed by atoms with Gasteiger partial charge >= 0.3 is 5.97 Å². The fourth-order valence-electron chi connectivity index (χ4n) is 3.09. The molecular weight excluding hydrogens is 400 g/mol. The fraction of sp³-hybridized carbons (Fsp3) is 0.350. The number of esters is 1. The number of fused-ring (bicyclic) bond motifs is 1. The number of hydrogen-bond donors (Lipinski definition) is 1. The third-order valence-corrected chi connectivity index (χ3v) is 6.19. The van der Waals surface area contributed by atoms with E-state index >= 15 is 0 Å². The highest BCUT2D eigenvalue weighted by molar-refractivity contribution is 8.00. The van der Waals surface area contributed by atoms with Crippen LogP contribution in [0.5, 0.6) is 0 Å². The van der Waals surface area contributed by atoms with Gasteiger partial charge in [-0.1, -0.05) is 29.7 Å². The summed E-state index contributed by atoms with van der Waals surface area (Å²) in [5.74, 6) is 1.67. The molecule has 2 heterocycles. The van der Waals surface area contributed by atoms with E-state index in [2.05, 4.69) is 11.2 Å². The summed E-state index contributed by atoms with van der Waals surface area (Å²) in [5, 5.41) is 3.11. The van der Waals surface area contributed by atoms with Crippen LogP contribution in [0.25, 0.3) is 0 Å². The van der Waals surface area contributed by atoms with Gasteiger partial charge in [0.05, 0.1) is 0 Å². The fourth-order valence-corrected chi connectivity index (χ4v) is 4.51. The van der Waals surface area contributed by atoms with Gasteiger partial charge in [0.15, 0.2) is 6.61 Å². The minimum absolute atomic E-state index is 0.152. The second-order valence-electron chi connectivity index (χ2n) is 6.49. The number of halogens is 1. The highest BCUT2D eigenvalue weighted by Crippen LogP contribution is 2.40. The van der Waals surface area contributed by atoms with Crippen LogP contribution in [0.2, 0.25) is 5.02 Å². The number of benzene rings is 1. The number of hydrogen-bond acceptors (Lipinski definition) is 5. The van der Waals surface area contributed by atoms with E-state index in [1.807, 2.05) is 12.1 Å². The molecule has 0 radical (unpaired) electrons. The smallest absolute Gasteiger partial charge is 0.356 e. The van der Waals surface area contributed by atoms with Gasteiger partial charge in [-0.25, -0.2) is 4.79 Å². The second kappa shape index (κ2) is 8.72. The maximum absolute atomic E-state index is 12.6. The van der Waals surface area contributed by atoms with E-state index in [0.29, 0.717) is 17.2 Å². The second-order valence-corrected chi connectivity index (χ2v) is 8.03. The predicted molar refractivity (Wildman–Crippen MR) is 107 cm³/mol. The highest BCUT2D eigenvalue weighted by atomic mass is 35.5. The molecule has 28 heavy (non-hydrogen) atoms. The van der Waals surface area contributed by atoms with Crippen LogP contribution in [-0.2, 0) is 25.5 Å². The lowest BCUT2D eigenvalue weighted by Crippen LogP contribution is -2.70. The molecule has 1 N–H and O–H groups in total. The predicted octanol–water partition coefficient (Wildman–Crippen LogP) is 2.12. The summed E-state index contributed by atoms with van der Waals surface area (Å²) < 4.78 is 4.98. The van der Waals surface area contributed by atoms with Crippen molar-refractivity contribution >= 4 is 41.1 Å². The Morgan fingerprint density at radius 2 is 2.11 bits per heavy atom. The van der Waals surface area contributed by atoms with Crippen LogP contribution >= 0.6 is 23.4 Å². The Bertz CT molecular complexity index is 875. The summed E-state index contributed by atoms with van der Waals surface area (Å²) in [6, 6.07) is 6.63. The van der Waals surface area contributed by atoms with Crippen molar-refractivity contribution in [1.29, 1.82) is 0 Å². The lowest BCUT2D eigenvalue weighted by atomic mass is 10.0. The van der Waals surface area contributed by atoms with Crippen molar-refractivity contribution in [2.75, 3.05) is 12.4 Å². The molecule has 0 unspecified atom stereocenters. The average Bonchev–Trinajstić information content (AvgIpc) is 2.69. The number of thioether (sulfide) groups is 1. The Balaban J connectivity index is 1.58. The first-order valence-electron chi connectivity index (χ1n) is 8.71. The molecule has 0 aromatic heterocycles. The molecule has 0 saturated carbocycles. The quantitative estimate of drug-likeness (QED) is 0.435. The Kier molecular flexibility index (Phi) is 6.32. The number of β-lactam (4-membered cyclic amide) rings is 1. The van der Waals surface area contributed by atoms with Gasteiger partial charge < -0.3 is 10.1 Å². The summed E-state index contributed by atoms with van der Waals surface area (Å²) in [6.45, 7) is 1.63. The minimum atomic E-state index is -0.647. The molecule has 1 aromatic carbocycles. The SMILES string of the molecule is C#CCOC(=O)C1=C(C)CS[C@@H]2[C@H](NC(=O)CCc3ccc(Cl)cc3)C(=O)N12. The minimum Gasteiger partial charge on any atom is -0.448 e. The van der Waals surface area contributed by atoms with Gasteiger partial charge in [-0.3, -0.25) is 14.5 Å². The normalized spacial score (nSPS) is 20.8. The standard InChI is InChI=1S/C20H19ClN2O4S/c1-3-10-27-20(26)17-12(2)11-28-19-16(18(25)23(17)19)22-15(24)9-6-13-4-7-14(21)8-5-13/h1,4-5,7-8,16,19H,6,9-11H2,2H3,(H,22,24)/t16-,19-/m1/s1. The molecule has 2 aliphatic heterocycles. The lowest BCUT2D eigenvalue weighted by molar-refractivity contribution is -0.152. The van der Waals surface area contributed by atoms with Crippen molar-refractivity contribution in [1.82, 2.24) is 10.2 Å². The first kappa shape index (κ1) is 20.3. The number of aryl methyl sites for hydroxylation is 1. The molecule has 1 fully saturated rings. The molecule has 2 aliphatic rings. The van der Waals surface area contributed by atoms with Crippen LogP contribution in [0.1, 0.15) is 18.9 Å². The van der Waals surface area contributed by atoms with E-state index in [-0.39, 0.29) is 35.9 Å². The number of nitrogens with zero attached hydrogens (tertiary/aromatic N) is 1. The van der Waals surface area contributed by atoms with Crippen molar-refractivity contribution < 1.29 is 19.1 Å². The summed E-state index contributed by atoms with van der Waals surface area (Å²) in [5.41, 5.74) is 1.98. The van der Waals surface area contributed by atoms with Crippen LogP contribution in [0, 0.1) is 12.3 Å². The lowest BCUT2D eigenvalue weighted by Gasteiger charge is -2.49. The highest BCUT2D eigenvalue weighted by Gasteiger charge is 2.53. The Labute approximate surface area is 172 Å². The van der Waals surface area contributed by atoms with Crippen LogP contribution in [0.3, 0.4) is 0 Å². The third-order valence-electron chi connectivity index (χ3n) is 4.51. The van der Waals surface area contributed by atoms with E-state index in [0.717, 1.165) is 11.1 Å². The number of amides is 2. The van der Waals surface area contributed by atoms with Crippen molar-refractivity contribution in [2.45, 2.75) is 31.2 Å². The van der Waals surface area contributed by atoms with E-state index in [4.69, 9.17) is 22.8 Å². The van der Waals surface area contributed by atoms with Crippen molar-refractivity contribution in [2.24, 2.45) is 0 Å². The first-order valence-corrected chi connectivity index (χ1v) is 10.1. The molecule has 1 saturated heterocycles. The van der Waals surface area contributed by atoms with Crippen molar-refractivity contribution in [3.63, 3.8) is 0 Å². The Morgan fingerprint density at radius 1 is 1.39 bits per heavy atom. The molecular formula is C20H19ClN2O4S. The van der Waals surface area contributed by atoms with Gasteiger partial charge in [-0.2, -0.15) is 0 Å². The third kappa shape index (κ3) is 4.18. The number of terminal acetylenes is 1. The summed E-state index contributed by atoms with van der Waals surface area (Å²) in [4.78, 5) is 38.5. The monoisotopic (exact) mass is 418 g/mol. The van der Waals surface area contributed by atoms with Gasteiger partial charge in [-0.15, -0.1) is 18.2 Å². The van der Waals surface area contributed by atoms with Crippen LogP contribution in [0.4, 0.5) is 0 Å². The summed E-state index contributed by atoms with van der Waals surface area (Å²) in [7, 11) is 0. The van der Waals surface area contributed by atoms with Crippen LogP contribution in [-0.4, -0.2) is 46.5 Å². The van der Waals surface area contributed by atoms with E-state index < -0.39 is 12.0 Å². The van der Waals surface area contributed by atoms with E-state index in [9.17, 15) is 14.4 Å². The zero-order chi connectivity index (χ0) is 20.3. The number of nitrogens with one attached hydrogen (secondary N) is 1. The van der Waals surface area contributed by atoms with Crippen molar-refractivity contribution in [3.8, 4) is 12.3 Å². The molecule has 2 amide bonds. The van der Waals surface area contributed by atoms with Gasteiger partial charge in [0.25, 0.3) is 5.91 Å². The van der Waals surface area contributed by atoms with Crippen LogP contribution in [0.15, 0.2) is 35.5 Å². The molecule has 0 spiro atoms. The maximum atomic E-state index is 12.6. The number of carbonyl (C=O) groups is 3. The number of rotatable bonds is 6. The van der Waals surface area contributed by atoms with Crippen LogP contribution < -0.4 is 5.32 Å². The Morgan fingerprint density at radius 3 is 2.79 bits per heavy atom. The van der Waals surface area contributed by atoms with Crippen molar-refractivity contribution in [3.05, 3.63) is 46.1 Å². The summed E-state index contributed by atoms with van der Waals surface area (Å²) in [6.07, 6.45) is 5.93. The molecule has 0 bridgehead atoms. The molecule has 146 valence electrons. The largest absolute Gasteiger partial charge is 0.448 e.